The van der Waals surface area contributed by atoms with Crippen LogP contribution < -0.4 is 5.32 Å². The molecule has 4 aliphatic rings. The molecule has 47 heavy (non-hydrogen) atoms. The van der Waals surface area contributed by atoms with E-state index in [0.717, 1.165) is 18.4 Å². The van der Waals surface area contributed by atoms with Crippen LogP contribution in [0.5, 0.6) is 5.75 Å². The Kier molecular flexibility index (Phi) is 9.99. The number of aliphatic hydroxyl groups excluding tert-OH is 1. The van der Waals surface area contributed by atoms with Gasteiger partial charge < -0.3 is 30.1 Å². The van der Waals surface area contributed by atoms with Crippen molar-refractivity contribution in [3.05, 3.63) is 41.5 Å². The molecule has 4 N–H and O–H groups in total. The first-order chi connectivity index (χ1) is 22.2. The lowest BCUT2D eigenvalue weighted by Gasteiger charge is -2.60. The summed E-state index contributed by atoms with van der Waals surface area (Å²) in [4.78, 5) is 63.4. The molecule has 5 rings (SSSR count). The minimum atomic E-state index is -1.78. The molecule has 8 atom stereocenters. The fourth-order valence-electron chi connectivity index (χ4n) is 9.27. The van der Waals surface area contributed by atoms with E-state index in [-0.39, 0.29) is 73.4 Å². The minimum Gasteiger partial charge on any atom is -0.508 e. The van der Waals surface area contributed by atoms with Crippen LogP contribution >= 0.6 is 0 Å². The number of hydrogen-bond acceptors (Lipinski definition) is 10. The Morgan fingerprint density at radius 1 is 1.02 bits per heavy atom. The molecule has 3 fully saturated rings. The number of esters is 2. The van der Waals surface area contributed by atoms with Crippen LogP contribution in [0.1, 0.15) is 84.1 Å². The van der Waals surface area contributed by atoms with Crippen molar-refractivity contribution in [2.75, 3.05) is 13.2 Å². The van der Waals surface area contributed by atoms with Crippen molar-refractivity contribution in [3.63, 3.8) is 0 Å². The lowest BCUT2D eigenvalue weighted by molar-refractivity contribution is -0.184. The third-order valence-corrected chi connectivity index (χ3v) is 11.7. The van der Waals surface area contributed by atoms with Crippen molar-refractivity contribution in [1.29, 1.82) is 0 Å². The van der Waals surface area contributed by atoms with Crippen molar-refractivity contribution in [3.8, 4) is 5.75 Å². The number of Topliss-reactive ketones (excluding diaryl/α,β-unsaturated/α-hetero) is 1. The van der Waals surface area contributed by atoms with Crippen LogP contribution in [0.25, 0.3) is 0 Å². The highest BCUT2D eigenvalue weighted by molar-refractivity contribution is 5.92. The number of carbonyl (C=O) groups is 5. The molecular formula is C36H47NO10. The standard InChI is InChI=1S/C36H47NO10/c1-4-46-33(44)27(17-21-5-8-23(38)9-6-21)37-30(42)11-12-31(43)47-20-29(41)36(45)16-14-26-25-10-7-22-18-24(39)13-15-34(22,2)32(25)28(40)19-35(26,36)3/h5-6,8-9,18,25-28,32,38,40,45H,4,7,10-17,19-20H2,1-3H3,(H,37,42)/t25-,26+,27-,28-,32-,34-,35-,36+/m0/s1. The van der Waals surface area contributed by atoms with Gasteiger partial charge in [-0.1, -0.05) is 31.6 Å². The van der Waals surface area contributed by atoms with Gasteiger partial charge in [0.1, 0.15) is 17.4 Å². The van der Waals surface area contributed by atoms with E-state index in [1.807, 2.05) is 6.92 Å². The Balaban J connectivity index is 1.16. The van der Waals surface area contributed by atoms with E-state index >= 15 is 0 Å². The first-order valence-electron chi connectivity index (χ1n) is 16.8. The number of phenolic OH excluding ortho intramolecular Hbond substituents is 1. The predicted molar refractivity (Wildman–Crippen MR) is 169 cm³/mol. The summed E-state index contributed by atoms with van der Waals surface area (Å²) < 4.78 is 10.3. The normalized spacial score (nSPS) is 33.4. The third kappa shape index (κ3) is 6.61. The van der Waals surface area contributed by atoms with Crippen molar-refractivity contribution < 1.29 is 48.8 Å². The van der Waals surface area contributed by atoms with Crippen molar-refractivity contribution in [2.45, 2.75) is 103 Å². The van der Waals surface area contributed by atoms with Crippen LogP contribution in [0.15, 0.2) is 35.9 Å². The molecule has 3 saturated carbocycles. The van der Waals surface area contributed by atoms with Gasteiger partial charge in [-0.3, -0.25) is 19.2 Å². The number of ketones is 2. The van der Waals surface area contributed by atoms with E-state index in [4.69, 9.17) is 9.47 Å². The highest BCUT2D eigenvalue weighted by Gasteiger charge is 2.68. The van der Waals surface area contributed by atoms with Crippen LogP contribution in [0.2, 0.25) is 0 Å². The lowest BCUT2D eigenvalue weighted by Crippen LogP contribution is -2.62. The second-order valence-corrected chi connectivity index (χ2v) is 14.3. The van der Waals surface area contributed by atoms with Gasteiger partial charge in [-0.05, 0) is 92.4 Å². The second kappa shape index (κ2) is 13.5. The zero-order valence-electron chi connectivity index (χ0n) is 27.5. The van der Waals surface area contributed by atoms with Crippen molar-refractivity contribution in [2.24, 2.45) is 28.6 Å². The fraction of sp³-hybridized carbons (Fsp3) is 0.639. The Morgan fingerprint density at radius 2 is 1.74 bits per heavy atom. The second-order valence-electron chi connectivity index (χ2n) is 14.3. The number of aromatic hydroxyl groups is 1. The molecule has 11 nitrogen and oxygen atoms in total. The molecule has 4 aliphatic carbocycles. The summed E-state index contributed by atoms with van der Waals surface area (Å²) in [6, 6.07) is 5.18. The van der Waals surface area contributed by atoms with E-state index in [0.29, 0.717) is 24.8 Å². The van der Waals surface area contributed by atoms with Gasteiger partial charge in [0.2, 0.25) is 11.7 Å². The lowest BCUT2D eigenvalue weighted by atomic mass is 9.45. The summed E-state index contributed by atoms with van der Waals surface area (Å²) in [6.45, 7) is 5.13. The molecule has 0 heterocycles. The van der Waals surface area contributed by atoms with Crippen LogP contribution in [-0.2, 0) is 39.9 Å². The Bertz CT molecular complexity index is 1440. The van der Waals surface area contributed by atoms with Gasteiger partial charge in [0.05, 0.1) is 19.1 Å². The number of amides is 1. The van der Waals surface area contributed by atoms with Gasteiger partial charge in [0.25, 0.3) is 0 Å². The molecular weight excluding hydrogens is 606 g/mol. The number of benzene rings is 1. The van der Waals surface area contributed by atoms with Crippen molar-refractivity contribution >= 4 is 29.4 Å². The molecule has 11 heteroatoms. The zero-order valence-corrected chi connectivity index (χ0v) is 27.5. The molecule has 0 aromatic heterocycles. The Hall–Kier alpha value is -3.57. The number of carbonyl (C=O) groups excluding carboxylic acids is 5. The predicted octanol–water partition coefficient (Wildman–Crippen LogP) is 3.11. The smallest absolute Gasteiger partial charge is 0.328 e. The Morgan fingerprint density at radius 3 is 2.45 bits per heavy atom. The molecule has 256 valence electrons. The van der Waals surface area contributed by atoms with Crippen molar-refractivity contribution in [1.82, 2.24) is 5.32 Å². The quantitative estimate of drug-likeness (QED) is 0.260. The SMILES string of the molecule is CCOC(=O)[C@H](Cc1ccc(O)cc1)NC(=O)CCC(=O)OCC(=O)[C@]1(O)CC[C@@H]2[C@@H]3CCC4=CC(=O)CC[C@]4(C)[C@@H]3[C@@H](O)C[C@@]21C. The van der Waals surface area contributed by atoms with E-state index in [1.54, 1.807) is 25.1 Å². The largest absolute Gasteiger partial charge is 0.508 e. The van der Waals surface area contributed by atoms with E-state index in [1.165, 1.54) is 12.1 Å². The summed E-state index contributed by atoms with van der Waals surface area (Å²) in [7, 11) is 0. The molecule has 0 aliphatic heterocycles. The first kappa shape index (κ1) is 34.8. The van der Waals surface area contributed by atoms with E-state index in [2.05, 4.69) is 12.2 Å². The fourth-order valence-corrected chi connectivity index (χ4v) is 9.27. The number of aliphatic hydroxyl groups is 2. The zero-order chi connectivity index (χ0) is 34.1. The molecule has 1 aromatic carbocycles. The van der Waals surface area contributed by atoms with Crippen LogP contribution in [0.3, 0.4) is 0 Å². The van der Waals surface area contributed by atoms with E-state index < -0.39 is 53.4 Å². The molecule has 0 bridgehead atoms. The summed E-state index contributed by atoms with van der Waals surface area (Å²) in [5.74, 6) is -2.40. The number of allylic oxidation sites excluding steroid dienone is 1. The summed E-state index contributed by atoms with van der Waals surface area (Å²) >= 11 is 0. The number of phenols is 1. The van der Waals surface area contributed by atoms with Gasteiger partial charge >= 0.3 is 11.9 Å². The number of nitrogens with one attached hydrogen (secondary N) is 1. The maximum absolute atomic E-state index is 13.5. The van der Waals surface area contributed by atoms with Gasteiger partial charge in [0, 0.05) is 24.7 Å². The molecule has 0 unspecified atom stereocenters. The molecule has 0 radical (unpaired) electrons. The van der Waals surface area contributed by atoms with Gasteiger partial charge in [-0.2, -0.15) is 0 Å². The molecule has 1 amide bonds. The highest BCUT2D eigenvalue weighted by atomic mass is 16.5. The maximum atomic E-state index is 13.5. The van der Waals surface area contributed by atoms with Crippen LogP contribution in [0, 0.1) is 28.6 Å². The third-order valence-electron chi connectivity index (χ3n) is 11.7. The first-order valence-corrected chi connectivity index (χ1v) is 16.8. The molecule has 0 spiro atoms. The Labute approximate surface area is 275 Å². The topological polar surface area (TPSA) is 177 Å². The monoisotopic (exact) mass is 653 g/mol. The maximum Gasteiger partial charge on any atom is 0.328 e. The number of rotatable bonds is 11. The molecule has 1 aromatic rings. The number of fused-ring (bicyclic) bond motifs is 5. The summed E-state index contributed by atoms with van der Waals surface area (Å²) in [5, 5.41) is 35.5. The van der Waals surface area contributed by atoms with Gasteiger partial charge in [-0.15, -0.1) is 0 Å². The number of ether oxygens (including phenoxy) is 2. The van der Waals surface area contributed by atoms with Gasteiger partial charge in [-0.25, -0.2) is 4.79 Å². The summed E-state index contributed by atoms with van der Waals surface area (Å²) in [6.07, 6.45) is 4.24. The minimum absolute atomic E-state index is 0.00540. The highest BCUT2D eigenvalue weighted by Crippen LogP contribution is 2.67. The molecule has 0 saturated heterocycles. The average Bonchev–Trinajstić information content (AvgIpc) is 3.30. The number of hydrogen-bond donors (Lipinski definition) is 4. The summed E-state index contributed by atoms with van der Waals surface area (Å²) in [5.41, 5.74) is -1.17. The van der Waals surface area contributed by atoms with Crippen LogP contribution in [0.4, 0.5) is 0 Å². The average molecular weight is 654 g/mol. The van der Waals surface area contributed by atoms with Crippen LogP contribution in [-0.4, -0.2) is 75.7 Å². The van der Waals surface area contributed by atoms with Gasteiger partial charge in [0.15, 0.2) is 12.4 Å². The van der Waals surface area contributed by atoms with E-state index in [9.17, 15) is 39.3 Å².